The normalized spacial score (nSPS) is 14.4. The number of halogens is 1. The molecular weight excluding hydrogens is 304 g/mol. The molecule has 1 aromatic carbocycles. The first-order valence-electron chi connectivity index (χ1n) is 6.26. The third-order valence-electron chi connectivity index (χ3n) is 3.34. The molecule has 2 N–H and O–H groups in total. The van der Waals surface area contributed by atoms with E-state index in [1.807, 2.05) is 12.3 Å². The summed E-state index contributed by atoms with van der Waals surface area (Å²) >= 11 is 3.62. The van der Waals surface area contributed by atoms with Crippen LogP contribution in [0.5, 0.6) is 0 Å². The van der Waals surface area contributed by atoms with Crippen molar-refractivity contribution >= 4 is 38.5 Å². The zero-order valence-electron chi connectivity index (χ0n) is 10.9. The number of fused-ring (bicyclic) bond motifs is 1. The molecule has 0 radical (unpaired) electrons. The summed E-state index contributed by atoms with van der Waals surface area (Å²) in [6, 6.07) is 4.10. The van der Waals surface area contributed by atoms with Crippen molar-refractivity contribution in [2.75, 3.05) is 18.4 Å². The van der Waals surface area contributed by atoms with Crippen molar-refractivity contribution in [1.82, 2.24) is 10.3 Å². The number of benzene rings is 1. The monoisotopic (exact) mass is 318 g/mol. The number of aromatic nitrogens is 1. The van der Waals surface area contributed by atoms with Crippen molar-refractivity contribution in [1.29, 1.82) is 0 Å². The van der Waals surface area contributed by atoms with Crippen molar-refractivity contribution in [2.45, 2.75) is 13.8 Å². The molecule has 2 aromatic rings. The molecule has 0 atom stereocenters. The number of anilines is 1. The molecule has 0 bridgehead atoms. The number of nitrogens with zero attached hydrogens (tertiary/aromatic N) is 2. The van der Waals surface area contributed by atoms with Gasteiger partial charge < -0.3 is 10.6 Å². The molecule has 4 nitrogen and oxygen atoms in total. The molecule has 0 unspecified atom stereocenters. The predicted molar refractivity (Wildman–Crippen MR) is 82.8 cm³/mol. The van der Waals surface area contributed by atoms with Crippen LogP contribution in [-0.2, 0) is 0 Å². The van der Waals surface area contributed by atoms with Crippen molar-refractivity contribution < 1.29 is 0 Å². The third kappa shape index (κ3) is 2.18. The van der Waals surface area contributed by atoms with Crippen molar-refractivity contribution in [3.63, 3.8) is 0 Å². The van der Waals surface area contributed by atoms with Crippen LogP contribution < -0.4 is 10.6 Å². The first-order valence-corrected chi connectivity index (χ1v) is 7.06. The van der Waals surface area contributed by atoms with Gasteiger partial charge in [-0.15, -0.1) is 0 Å². The summed E-state index contributed by atoms with van der Waals surface area (Å²) in [5.41, 5.74) is 4.45. The topological polar surface area (TPSA) is 49.3 Å². The molecule has 0 amide bonds. The fraction of sp³-hybridized carbons (Fsp3) is 0.286. The Balaban J connectivity index is 2.15. The zero-order chi connectivity index (χ0) is 13.4. The molecule has 0 spiro atoms. The quantitative estimate of drug-likeness (QED) is 0.849. The minimum atomic E-state index is 0.833. The van der Waals surface area contributed by atoms with E-state index >= 15 is 0 Å². The molecule has 0 saturated heterocycles. The Kier molecular flexibility index (Phi) is 3.14. The molecule has 0 aliphatic carbocycles. The maximum absolute atomic E-state index is 4.47. The fourth-order valence-electron chi connectivity index (χ4n) is 2.36. The molecule has 0 fully saturated rings. The summed E-state index contributed by atoms with van der Waals surface area (Å²) in [6.07, 6.45) is 1.83. The molecule has 98 valence electrons. The molecule has 5 heteroatoms. The lowest BCUT2D eigenvalue weighted by atomic mass is 10.0. The second-order valence-corrected chi connectivity index (χ2v) is 5.52. The van der Waals surface area contributed by atoms with E-state index in [9.17, 15) is 0 Å². The maximum atomic E-state index is 4.47. The number of pyridine rings is 1. The van der Waals surface area contributed by atoms with Crippen LogP contribution in [0.1, 0.15) is 11.1 Å². The van der Waals surface area contributed by atoms with Gasteiger partial charge in [0, 0.05) is 28.3 Å². The number of hydrogen-bond acceptors (Lipinski definition) is 4. The zero-order valence-corrected chi connectivity index (χ0v) is 12.5. The van der Waals surface area contributed by atoms with Gasteiger partial charge >= 0.3 is 0 Å². The molecule has 1 aromatic heterocycles. The van der Waals surface area contributed by atoms with Crippen LogP contribution in [0.3, 0.4) is 0 Å². The van der Waals surface area contributed by atoms with Crippen LogP contribution in [0.4, 0.5) is 5.69 Å². The van der Waals surface area contributed by atoms with Gasteiger partial charge in [0.15, 0.2) is 5.96 Å². The van der Waals surface area contributed by atoms with E-state index < -0.39 is 0 Å². The highest BCUT2D eigenvalue weighted by Gasteiger charge is 2.13. The summed E-state index contributed by atoms with van der Waals surface area (Å²) in [5.74, 6) is 0.849. The highest BCUT2D eigenvalue weighted by molar-refractivity contribution is 9.10. The van der Waals surface area contributed by atoms with E-state index in [1.54, 1.807) is 0 Å². The smallest absolute Gasteiger partial charge is 0.195 e. The molecule has 1 aliphatic rings. The highest BCUT2D eigenvalue weighted by atomic mass is 79.9. The SMILES string of the molecule is Cc1cc(NC2=NCCN2)c(C)c2c(Br)ccnc12. The Morgan fingerprint density at radius 1 is 1.37 bits per heavy atom. The lowest BCUT2D eigenvalue weighted by molar-refractivity contribution is 0.959. The minimum absolute atomic E-state index is 0.833. The molecule has 1 aliphatic heterocycles. The van der Waals surface area contributed by atoms with E-state index in [2.05, 4.69) is 56.5 Å². The predicted octanol–water partition coefficient (Wildman–Crippen LogP) is 2.99. The summed E-state index contributed by atoms with van der Waals surface area (Å²) in [6.45, 7) is 5.92. The van der Waals surface area contributed by atoms with E-state index in [0.29, 0.717) is 0 Å². The van der Waals surface area contributed by atoms with Crippen molar-refractivity contribution in [3.8, 4) is 0 Å². The van der Waals surface area contributed by atoms with Gasteiger partial charge in [-0.2, -0.15) is 0 Å². The standard InChI is InChI=1S/C14H15BrN4/c1-8-7-11(19-14-17-5-6-18-14)9(2)12-10(15)3-4-16-13(8)12/h3-4,7H,5-6H2,1-2H3,(H2,17,18,19). The number of guanidine groups is 1. The average Bonchev–Trinajstić information content (AvgIpc) is 2.88. The number of rotatable bonds is 1. The van der Waals surface area contributed by atoms with Crippen molar-refractivity contribution in [3.05, 3.63) is 33.9 Å². The molecule has 3 rings (SSSR count). The minimum Gasteiger partial charge on any atom is -0.354 e. The first-order chi connectivity index (χ1) is 9.16. The van der Waals surface area contributed by atoms with E-state index in [0.717, 1.165) is 45.7 Å². The van der Waals surface area contributed by atoms with Gasteiger partial charge in [-0.05, 0) is 37.1 Å². The summed E-state index contributed by atoms with van der Waals surface area (Å²) in [4.78, 5) is 8.84. The Morgan fingerprint density at radius 2 is 2.21 bits per heavy atom. The number of aryl methyl sites for hydroxylation is 2. The first kappa shape index (κ1) is 12.4. The maximum Gasteiger partial charge on any atom is 0.195 e. The van der Waals surface area contributed by atoms with E-state index in [1.165, 1.54) is 5.56 Å². The summed E-state index contributed by atoms with van der Waals surface area (Å²) in [7, 11) is 0. The van der Waals surface area contributed by atoms with Crippen LogP contribution in [-0.4, -0.2) is 24.0 Å². The van der Waals surface area contributed by atoms with Gasteiger partial charge in [0.2, 0.25) is 0 Å². The Bertz CT molecular complexity index is 679. The van der Waals surface area contributed by atoms with Crippen LogP contribution in [0.2, 0.25) is 0 Å². The molecule has 2 heterocycles. The van der Waals surface area contributed by atoms with Gasteiger partial charge in [0.05, 0.1) is 12.1 Å². The largest absolute Gasteiger partial charge is 0.354 e. The molecule has 0 saturated carbocycles. The lowest BCUT2D eigenvalue weighted by Gasteiger charge is -2.14. The third-order valence-corrected chi connectivity index (χ3v) is 4.00. The Hall–Kier alpha value is -1.62. The van der Waals surface area contributed by atoms with Gasteiger partial charge in [0.25, 0.3) is 0 Å². The molecular formula is C14H15BrN4. The van der Waals surface area contributed by atoms with Gasteiger partial charge in [-0.3, -0.25) is 9.98 Å². The Morgan fingerprint density at radius 3 is 2.95 bits per heavy atom. The van der Waals surface area contributed by atoms with Crippen molar-refractivity contribution in [2.24, 2.45) is 4.99 Å². The second kappa shape index (κ2) is 4.81. The van der Waals surface area contributed by atoms with Gasteiger partial charge in [-0.1, -0.05) is 15.9 Å². The highest BCUT2D eigenvalue weighted by Crippen LogP contribution is 2.32. The van der Waals surface area contributed by atoms with Crippen LogP contribution in [0.25, 0.3) is 10.9 Å². The van der Waals surface area contributed by atoms with E-state index in [-0.39, 0.29) is 0 Å². The lowest BCUT2D eigenvalue weighted by Crippen LogP contribution is -2.26. The van der Waals surface area contributed by atoms with Crippen LogP contribution in [0.15, 0.2) is 27.8 Å². The number of nitrogens with one attached hydrogen (secondary N) is 2. The number of hydrogen-bond donors (Lipinski definition) is 2. The van der Waals surface area contributed by atoms with Crippen LogP contribution >= 0.6 is 15.9 Å². The summed E-state index contributed by atoms with van der Waals surface area (Å²) < 4.78 is 1.07. The number of aliphatic imine (C=N–C) groups is 1. The average molecular weight is 319 g/mol. The van der Waals surface area contributed by atoms with E-state index in [4.69, 9.17) is 0 Å². The van der Waals surface area contributed by atoms with Gasteiger partial charge in [0.1, 0.15) is 0 Å². The van der Waals surface area contributed by atoms with Gasteiger partial charge in [-0.25, -0.2) is 0 Å². The molecule has 19 heavy (non-hydrogen) atoms. The van der Waals surface area contributed by atoms with Crippen LogP contribution in [0, 0.1) is 13.8 Å². The summed E-state index contributed by atoms with van der Waals surface area (Å²) in [5, 5.41) is 7.74. The Labute approximate surface area is 120 Å². The fourth-order valence-corrected chi connectivity index (χ4v) is 2.96. The second-order valence-electron chi connectivity index (χ2n) is 4.66.